The van der Waals surface area contributed by atoms with E-state index < -0.39 is 0 Å². The Kier molecular flexibility index (Phi) is 6.10. The first-order valence-corrected chi connectivity index (χ1v) is 11.8. The van der Waals surface area contributed by atoms with Gasteiger partial charge >= 0.3 is 0 Å². The summed E-state index contributed by atoms with van der Waals surface area (Å²) < 4.78 is 22.8. The molecule has 1 saturated heterocycles. The van der Waals surface area contributed by atoms with Gasteiger partial charge in [-0.05, 0) is 50.3 Å². The number of anilines is 1. The van der Waals surface area contributed by atoms with Crippen LogP contribution in [-0.2, 0) is 4.74 Å². The van der Waals surface area contributed by atoms with E-state index in [9.17, 15) is 4.79 Å². The summed E-state index contributed by atoms with van der Waals surface area (Å²) in [6.07, 6.45) is 6.71. The minimum absolute atomic E-state index is 0.196. The summed E-state index contributed by atoms with van der Waals surface area (Å²) in [5.74, 6) is 0.617. The maximum atomic E-state index is 15.4. The number of morpholine rings is 1. The van der Waals surface area contributed by atoms with E-state index in [0.29, 0.717) is 59.6 Å². The lowest BCUT2D eigenvalue weighted by molar-refractivity contribution is 0.0676. The van der Waals surface area contributed by atoms with Crippen molar-refractivity contribution in [1.82, 2.24) is 14.4 Å². The van der Waals surface area contributed by atoms with Crippen molar-refractivity contribution in [2.45, 2.75) is 38.7 Å². The number of ether oxygens (including phenoxy) is 1. The fourth-order valence-electron chi connectivity index (χ4n) is 4.49. The van der Waals surface area contributed by atoms with Crippen molar-refractivity contribution in [3.8, 4) is 11.3 Å². The fraction of sp³-hybridized carbons (Fsp3) is 0.385. The molecule has 1 atom stereocenters. The Hall–Kier alpha value is -3.59. The topological polar surface area (TPSA) is 98.1 Å². The average Bonchev–Trinajstić information content (AvgIpc) is 3.71. The average molecular weight is 477 g/mol. The lowest BCUT2D eigenvalue weighted by Crippen LogP contribution is -2.44. The fourth-order valence-corrected chi connectivity index (χ4v) is 4.49. The number of aryl methyl sites for hydroxylation is 1. The summed E-state index contributed by atoms with van der Waals surface area (Å²) in [6, 6.07) is 5.29. The number of halogens is 1. The number of benzene rings is 1. The predicted octanol–water partition coefficient (Wildman–Crippen LogP) is 3.14. The van der Waals surface area contributed by atoms with Gasteiger partial charge in [0.05, 0.1) is 19.3 Å². The van der Waals surface area contributed by atoms with Gasteiger partial charge in [-0.2, -0.15) is 0 Å². The molecule has 3 aromatic rings. The molecule has 2 N–H and O–H groups in total. The maximum Gasteiger partial charge on any atom is 0.261 e. The molecule has 2 aliphatic rings. The molecule has 0 bridgehead atoms. The van der Waals surface area contributed by atoms with Crippen LogP contribution in [0, 0.1) is 19.7 Å². The number of hydrogen-bond donors (Lipinski definition) is 1. The number of nitrogens with zero attached hydrogens (tertiary/aromatic N) is 5. The van der Waals surface area contributed by atoms with E-state index in [1.54, 1.807) is 45.4 Å². The summed E-state index contributed by atoms with van der Waals surface area (Å²) in [5, 5.41) is 0. The van der Waals surface area contributed by atoms with Gasteiger partial charge in [0.15, 0.2) is 5.65 Å². The molecule has 2 aromatic heterocycles. The highest BCUT2D eigenvalue weighted by Crippen LogP contribution is 2.41. The van der Waals surface area contributed by atoms with Crippen LogP contribution in [0.15, 0.2) is 46.0 Å². The van der Waals surface area contributed by atoms with Gasteiger partial charge in [-0.15, -0.1) is 0 Å². The molecule has 1 aliphatic carbocycles. The van der Waals surface area contributed by atoms with Crippen molar-refractivity contribution in [2.24, 2.45) is 10.7 Å². The predicted molar refractivity (Wildman–Crippen MR) is 135 cm³/mol. The summed E-state index contributed by atoms with van der Waals surface area (Å²) in [4.78, 5) is 28.8. The lowest BCUT2D eigenvalue weighted by atomic mass is 10.0. The number of hydrogen-bond acceptors (Lipinski definition) is 7. The normalized spacial score (nSPS) is 19.1. The van der Waals surface area contributed by atoms with Crippen LogP contribution in [0.3, 0.4) is 0 Å². The van der Waals surface area contributed by atoms with Crippen molar-refractivity contribution < 1.29 is 9.13 Å². The van der Waals surface area contributed by atoms with Crippen LogP contribution in [0.4, 0.5) is 10.2 Å². The second-order valence-electron chi connectivity index (χ2n) is 9.14. The molecule has 1 saturated carbocycles. The van der Waals surface area contributed by atoms with Crippen LogP contribution < -0.4 is 16.2 Å². The second kappa shape index (κ2) is 9.22. The third-order valence-corrected chi connectivity index (χ3v) is 6.80. The number of rotatable bonds is 5. The molecule has 0 radical (unpaired) electrons. The van der Waals surface area contributed by atoms with E-state index >= 15 is 4.39 Å². The van der Waals surface area contributed by atoms with Crippen molar-refractivity contribution in [3.63, 3.8) is 0 Å². The van der Waals surface area contributed by atoms with Gasteiger partial charge in [0, 0.05) is 48.4 Å². The van der Waals surface area contributed by atoms with E-state index in [1.165, 1.54) is 10.6 Å². The van der Waals surface area contributed by atoms with Crippen LogP contribution in [0.1, 0.15) is 35.6 Å². The maximum absolute atomic E-state index is 15.4. The minimum Gasteiger partial charge on any atom is -0.404 e. The summed E-state index contributed by atoms with van der Waals surface area (Å²) in [6.45, 7) is 4.99. The number of fused-ring (bicyclic) bond motifs is 1. The first-order chi connectivity index (χ1) is 16.9. The zero-order valence-electron chi connectivity index (χ0n) is 20.2. The van der Waals surface area contributed by atoms with Crippen LogP contribution in [-0.4, -0.2) is 53.4 Å². The van der Waals surface area contributed by atoms with Gasteiger partial charge < -0.3 is 15.4 Å². The van der Waals surface area contributed by atoms with Gasteiger partial charge in [-0.1, -0.05) is 6.07 Å². The third kappa shape index (κ3) is 4.32. The third-order valence-electron chi connectivity index (χ3n) is 6.80. The molecule has 0 spiro atoms. The van der Waals surface area contributed by atoms with E-state index in [4.69, 9.17) is 15.5 Å². The van der Waals surface area contributed by atoms with Gasteiger partial charge in [0.1, 0.15) is 23.4 Å². The van der Waals surface area contributed by atoms with Gasteiger partial charge in [0.2, 0.25) is 0 Å². The monoisotopic (exact) mass is 476 g/mol. The van der Waals surface area contributed by atoms with Gasteiger partial charge in [0.25, 0.3) is 5.56 Å². The summed E-state index contributed by atoms with van der Waals surface area (Å²) >= 11 is 0. The van der Waals surface area contributed by atoms with Gasteiger partial charge in [-0.25, -0.2) is 14.4 Å². The highest BCUT2D eigenvalue weighted by Gasteiger charge is 2.27. The summed E-state index contributed by atoms with van der Waals surface area (Å²) in [5.41, 5.74) is 9.50. The molecule has 1 unspecified atom stereocenters. The zero-order valence-corrected chi connectivity index (χ0v) is 20.2. The molecular formula is C26H29FN6O2. The SMILES string of the molecule is CN=C/C(=C\N)C1CN(c2cn3c(=O)c(C)c(C)nc3c(-c3ccc(C4CC4)cc3F)n2)CCO1. The highest BCUT2D eigenvalue weighted by molar-refractivity contribution is 5.80. The molecule has 8 nitrogen and oxygen atoms in total. The number of aliphatic imine (C=N–C) groups is 1. The van der Waals surface area contributed by atoms with E-state index in [1.807, 2.05) is 11.0 Å². The second-order valence-corrected chi connectivity index (χ2v) is 9.14. The van der Waals surface area contributed by atoms with Gasteiger partial charge in [-0.3, -0.25) is 14.2 Å². The highest BCUT2D eigenvalue weighted by atomic mass is 19.1. The first kappa shape index (κ1) is 23.2. The largest absolute Gasteiger partial charge is 0.404 e. The van der Waals surface area contributed by atoms with Crippen LogP contribution >= 0.6 is 0 Å². The van der Waals surface area contributed by atoms with Crippen molar-refractivity contribution in [2.75, 3.05) is 31.6 Å². The first-order valence-electron chi connectivity index (χ1n) is 11.8. The summed E-state index contributed by atoms with van der Waals surface area (Å²) in [7, 11) is 1.67. The van der Waals surface area contributed by atoms with Crippen molar-refractivity contribution >= 4 is 17.7 Å². The molecule has 182 valence electrons. The Balaban J connectivity index is 1.65. The minimum atomic E-state index is -0.360. The van der Waals surface area contributed by atoms with Crippen LogP contribution in [0.25, 0.3) is 16.9 Å². The van der Waals surface area contributed by atoms with E-state index in [2.05, 4.69) is 9.98 Å². The standard InChI is InChI=1S/C26H29FN6O2/c1-15-16(2)30-25-24(20-7-6-18(10-21(20)27)17-4-5-17)31-23(14-33(25)26(15)34)32-8-9-35-22(13-32)19(11-28)12-29-3/h6-7,10-12,14,17,22H,4-5,8-9,13,28H2,1-3H3/b19-11+,29-12?. The quantitative estimate of drug-likeness (QED) is 0.568. The molecule has 0 amide bonds. The van der Waals surface area contributed by atoms with E-state index in [-0.39, 0.29) is 17.5 Å². The Morgan fingerprint density at radius 1 is 1.29 bits per heavy atom. The molecule has 1 aliphatic heterocycles. The van der Waals surface area contributed by atoms with Crippen LogP contribution in [0.2, 0.25) is 0 Å². The smallest absolute Gasteiger partial charge is 0.261 e. The molecule has 9 heteroatoms. The Bertz CT molecular complexity index is 1410. The van der Waals surface area contributed by atoms with Crippen molar-refractivity contribution in [3.05, 3.63) is 69.2 Å². The Morgan fingerprint density at radius 3 is 2.77 bits per heavy atom. The molecule has 1 aromatic carbocycles. The zero-order chi connectivity index (χ0) is 24.7. The number of nitrogens with two attached hydrogens (primary N) is 1. The molecule has 2 fully saturated rings. The molecule has 3 heterocycles. The van der Waals surface area contributed by atoms with Crippen molar-refractivity contribution in [1.29, 1.82) is 0 Å². The molecular weight excluding hydrogens is 447 g/mol. The Morgan fingerprint density at radius 2 is 2.09 bits per heavy atom. The number of aromatic nitrogens is 3. The van der Waals surface area contributed by atoms with E-state index in [0.717, 1.165) is 24.0 Å². The molecule has 5 rings (SSSR count). The Labute approximate surface area is 203 Å². The lowest BCUT2D eigenvalue weighted by Gasteiger charge is -2.34. The molecule has 35 heavy (non-hydrogen) atoms. The van der Waals surface area contributed by atoms with Crippen LogP contribution in [0.5, 0.6) is 0 Å².